The van der Waals surface area contributed by atoms with Crippen molar-refractivity contribution in [3.63, 3.8) is 0 Å². The fourth-order valence-corrected chi connectivity index (χ4v) is 3.61. The van der Waals surface area contributed by atoms with Gasteiger partial charge in [0.25, 0.3) is 0 Å². The van der Waals surface area contributed by atoms with Gasteiger partial charge in [0.15, 0.2) is 11.5 Å². The van der Waals surface area contributed by atoms with E-state index >= 15 is 0 Å². The molecule has 1 aromatic heterocycles. The molecule has 7 heteroatoms. The molecule has 0 saturated carbocycles. The summed E-state index contributed by atoms with van der Waals surface area (Å²) in [6.07, 6.45) is 2.12. The number of H-pyrrole nitrogens is 1. The topological polar surface area (TPSA) is 79.5 Å². The van der Waals surface area contributed by atoms with Gasteiger partial charge in [-0.1, -0.05) is 6.07 Å². The van der Waals surface area contributed by atoms with Crippen molar-refractivity contribution in [3.05, 3.63) is 35.2 Å². The Morgan fingerprint density at radius 1 is 1.36 bits per heavy atom. The molecule has 3 heterocycles. The van der Waals surface area contributed by atoms with Gasteiger partial charge < -0.3 is 14.8 Å². The van der Waals surface area contributed by atoms with Gasteiger partial charge >= 0.3 is 0 Å². The van der Waals surface area contributed by atoms with Crippen molar-refractivity contribution in [3.8, 4) is 11.5 Å². The summed E-state index contributed by atoms with van der Waals surface area (Å²) in [5.74, 6) is 1.57. The second-order valence-corrected chi connectivity index (χ2v) is 6.60. The Morgan fingerprint density at radius 3 is 3.00 bits per heavy atom. The van der Waals surface area contributed by atoms with Crippen molar-refractivity contribution in [2.45, 2.75) is 32.7 Å². The summed E-state index contributed by atoms with van der Waals surface area (Å²) in [7, 11) is 0. The van der Waals surface area contributed by atoms with E-state index < -0.39 is 0 Å². The van der Waals surface area contributed by atoms with E-state index in [2.05, 4.69) is 26.5 Å². The number of nitrogens with one attached hydrogen (secondary N) is 2. The molecule has 1 amide bonds. The van der Waals surface area contributed by atoms with Gasteiger partial charge in [-0.3, -0.25) is 14.8 Å². The Hall–Kier alpha value is -2.54. The monoisotopic (exact) mass is 342 g/mol. The number of carbonyl (C=O) groups excluding carboxylic acids is 1. The average molecular weight is 342 g/mol. The molecular weight excluding hydrogens is 320 g/mol. The Bertz CT molecular complexity index is 782. The highest BCUT2D eigenvalue weighted by molar-refractivity contribution is 5.93. The van der Waals surface area contributed by atoms with Crippen LogP contribution in [-0.4, -0.2) is 40.9 Å². The third kappa shape index (κ3) is 3.07. The number of rotatable bonds is 4. The maximum absolute atomic E-state index is 12.5. The Balaban J connectivity index is 1.45. The predicted molar refractivity (Wildman–Crippen MR) is 92.8 cm³/mol. The number of benzene rings is 1. The molecule has 1 unspecified atom stereocenters. The van der Waals surface area contributed by atoms with Crippen molar-refractivity contribution < 1.29 is 14.3 Å². The molecule has 0 aliphatic carbocycles. The molecule has 0 bridgehead atoms. The van der Waals surface area contributed by atoms with Crippen LogP contribution in [0.15, 0.2) is 18.2 Å². The van der Waals surface area contributed by atoms with Crippen LogP contribution in [0.1, 0.15) is 35.8 Å². The van der Waals surface area contributed by atoms with Gasteiger partial charge in [0.05, 0.1) is 23.6 Å². The molecule has 25 heavy (non-hydrogen) atoms. The summed E-state index contributed by atoms with van der Waals surface area (Å²) >= 11 is 0. The molecule has 4 rings (SSSR count). The van der Waals surface area contributed by atoms with Gasteiger partial charge in [-0.2, -0.15) is 5.10 Å². The van der Waals surface area contributed by atoms with Crippen molar-refractivity contribution >= 4 is 11.6 Å². The molecule has 2 aliphatic rings. The lowest BCUT2D eigenvalue weighted by Crippen LogP contribution is -2.33. The highest BCUT2D eigenvalue weighted by atomic mass is 16.7. The lowest BCUT2D eigenvalue weighted by molar-refractivity contribution is -0.117. The third-order valence-corrected chi connectivity index (χ3v) is 4.88. The number of fused-ring (bicyclic) bond motifs is 1. The molecule has 1 saturated heterocycles. The van der Waals surface area contributed by atoms with Crippen molar-refractivity contribution in [2.24, 2.45) is 0 Å². The minimum Gasteiger partial charge on any atom is -0.454 e. The van der Waals surface area contributed by atoms with Crippen LogP contribution in [0.4, 0.5) is 5.69 Å². The van der Waals surface area contributed by atoms with Crippen LogP contribution in [0.5, 0.6) is 11.5 Å². The minimum atomic E-state index is -0.0137. The molecule has 2 aromatic rings. The Kier molecular flexibility index (Phi) is 4.09. The Morgan fingerprint density at radius 2 is 2.20 bits per heavy atom. The largest absolute Gasteiger partial charge is 0.454 e. The zero-order valence-electron chi connectivity index (χ0n) is 14.5. The predicted octanol–water partition coefficient (Wildman–Crippen LogP) is 2.53. The molecule has 0 spiro atoms. The van der Waals surface area contributed by atoms with E-state index in [1.807, 2.05) is 26.0 Å². The van der Waals surface area contributed by atoms with Gasteiger partial charge in [-0.25, -0.2) is 0 Å². The molecule has 2 aliphatic heterocycles. The number of likely N-dealkylation sites (tertiary alicyclic amines) is 1. The van der Waals surface area contributed by atoms with Crippen LogP contribution in [0.2, 0.25) is 0 Å². The van der Waals surface area contributed by atoms with Gasteiger partial charge in [-0.15, -0.1) is 0 Å². The number of amides is 1. The van der Waals surface area contributed by atoms with Crippen molar-refractivity contribution in [2.75, 3.05) is 25.2 Å². The minimum absolute atomic E-state index is 0.0137. The van der Waals surface area contributed by atoms with Gasteiger partial charge in [0, 0.05) is 6.04 Å². The fourth-order valence-electron chi connectivity index (χ4n) is 3.61. The van der Waals surface area contributed by atoms with Gasteiger partial charge in [-0.05, 0) is 50.9 Å². The number of aryl methyl sites for hydroxylation is 2. The van der Waals surface area contributed by atoms with E-state index in [1.165, 1.54) is 5.56 Å². The summed E-state index contributed by atoms with van der Waals surface area (Å²) in [6, 6.07) is 6.28. The summed E-state index contributed by atoms with van der Waals surface area (Å²) in [5.41, 5.74) is 3.63. The number of nitrogens with zero attached hydrogens (tertiary/aromatic N) is 2. The molecular formula is C18H22N4O3. The van der Waals surface area contributed by atoms with Crippen LogP contribution >= 0.6 is 0 Å². The van der Waals surface area contributed by atoms with Crippen molar-refractivity contribution in [1.82, 2.24) is 15.1 Å². The number of aromatic nitrogens is 2. The standard InChI is InChI=1S/C18H22N4O3/c1-11-18(12(2)21-20-11)19-17(23)9-22-7-3-4-14(22)13-5-6-15-16(8-13)25-10-24-15/h5-6,8,14H,3-4,7,9-10H2,1-2H3,(H,19,23)(H,20,21). The van der Waals surface area contributed by atoms with Crippen LogP contribution in [0.3, 0.4) is 0 Å². The van der Waals surface area contributed by atoms with Crippen LogP contribution in [0, 0.1) is 13.8 Å². The lowest BCUT2D eigenvalue weighted by Gasteiger charge is -2.24. The highest BCUT2D eigenvalue weighted by Crippen LogP contribution is 2.38. The highest BCUT2D eigenvalue weighted by Gasteiger charge is 2.29. The van der Waals surface area contributed by atoms with E-state index in [1.54, 1.807) is 0 Å². The van der Waals surface area contributed by atoms with Crippen LogP contribution in [0.25, 0.3) is 0 Å². The molecule has 1 aromatic carbocycles. The van der Waals surface area contributed by atoms with E-state index in [0.29, 0.717) is 6.54 Å². The molecule has 2 N–H and O–H groups in total. The summed E-state index contributed by atoms with van der Waals surface area (Å²) in [6.45, 7) is 5.34. The summed E-state index contributed by atoms with van der Waals surface area (Å²) in [4.78, 5) is 14.7. The molecule has 7 nitrogen and oxygen atoms in total. The first-order valence-corrected chi connectivity index (χ1v) is 8.57. The van der Waals surface area contributed by atoms with Crippen LogP contribution < -0.4 is 14.8 Å². The maximum atomic E-state index is 12.5. The third-order valence-electron chi connectivity index (χ3n) is 4.88. The number of hydrogen-bond acceptors (Lipinski definition) is 5. The van der Waals surface area contributed by atoms with E-state index in [9.17, 15) is 4.79 Å². The molecule has 1 fully saturated rings. The smallest absolute Gasteiger partial charge is 0.238 e. The number of carbonyl (C=O) groups is 1. The fraction of sp³-hybridized carbons (Fsp3) is 0.444. The van der Waals surface area contributed by atoms with Gasteiger partial charge in [0.1, 0.15) is 0 Å². The second-order valence-electron chi connectivity index (χ2n) is 6.60. The SMILES string of the molecule is Cc1n[nH]c(C)c1NC(=O)CN1CCCC1c1ccc2c(c1)OCO2. The van der Waals surface area contributed by atoms with Gasteiger partial charge in [0.2, 0.25) is 12.7 Å². The van der Waals surface area contributed by atoms with Crippen molar-refractivity contribution in [1.29, 1.82) is 0 Å². The average Bonchev–Trinajstić information content (AvgIpc) is 3.31. The van der Waals surface area contributed by atoms with E-state index in [-0.39, 0.29) is 18.7 Å². The van der Waals surface area contributed by atoms with Crippen LogP contribution in [-0.2, 0) is 4.79 Å². The quantitative estimate of drug-likeness (QED) is 0.892. The maximum Gasteiger partial charge on any atom is 0.238 e. The Labute approximate surface area is 146 Å². The lowest BCUT2D eigenvalue weighted by atomic mass is 10.0. The number of ether oxygens (including phenoxy) is 2. The number of aromatic amines is 1. The number of hydrogen-bond donors (Lipinski definition) is 2. The first kappa shape index (κ1) is 16.0. The summed E-state index contributed by atoms with van der Waals surface area (Å²) < 4.78 is 10.9. The van der Waals surface area contributed by atoms with E-state index in [0.717, 1.165) is 48.0 Å². The molecule has 132 valence electrons. The molecule has 1 atom stereocenters. The first-order chi connectivity index (χ1) is 12.1. The summed E-state index contributed by atoms with van der Waals surface area (Å²) in [5, 5.41) is 9.99. The molecule has 0 radical (unpaired) electrons. The normalized spacial score (nSPS) is 19.4. The first-order valence-electron chi connectivity index (χ1n) is 8.57. The zero-order chi connectivity index (χ0) is 17.4. The second kappa shape index (κ2) is 6.40. The van der Waals surface area contributed by atoms with E-state index in [4.69, 9.17) is 9.47 Å². The number of anilines is 1. The zero-order valence-corrected chi connectivity index (χ0v) is 14.5.